The average Bonchev–Trinajstić information content (AvgIpc) is 2.85. The topological polar surface area (TPSA) is 66.7 Å². The molecule has 96 valence electrons. The number of nitrogens with two attached hydrogens (primary N) is 1. The molecule has 0 fully saturated rings. The van der Waals surface area contributed by atoms with Gasteiger partial charge >= 0.3 is 0 Å². The number of anilines is 2. The summed E-state index contributed by atoms with van der Waals surface area (Å²) in [5.74, 6) is 0.856. The van der Waals surface area contributed by atoms with Crippen LogP contribution in [-0.4, -0.2) is 16.5 Å². The molecule has 0 amide bonds. The Morgan fingerprint density at radius 1 is 1.16 bits per heavy atom. The summed E-state index contributed by atoms with van der Waals surface area (Å²) in [4.78, 5) is 7.50. The first-order valence-electron chi connectivity index (χ1n) is 6.33. The Hall–Kier alpha value is -2.49. The third-order valence-electron chi connectivity index (χ3n) is 3.16. The Morgan fingerprint density at radius 2 is 2.05 bits per heavy atom. The number of nitrogens with zero attached hydrogens (tertiary/aromatic N) is 1. The molecule has 0 aliphatic carbocycles. The number of para-hydroxylation sites is 1. The van der Waals surface area contributed by atoms with Gasteiger partial charge in [0.25, 0.3) is 0 Å². The quantitative estimate of drug-likeness (QED) is 0.669. The third-order valence-corrected chi connectivity index (χ3v) is 3.16. The van der Waals surface area contributed by atoms with Crippen molar-refractivity contribution in [1.82, 2.24) is 9.97 Å². The molecule has 0 saturated heterocycles. The molecule has 0 saturated carbocycles. The summed E-state index contributed by atoms with van der Waals surface area (Å²) < 4.78 is 0. The Kier molecular flexibility index (Phi) is 3.06. The predicted octanol–water partition coefficient (Wildman–Crippen LogP) is 2.80. The maximum absolute atomic E-state index is 5.60. The van der Waals surface area contributed by atoms with E-state index in [4.69, 9.17) is 5.73 Å². The van der Waals surface area contributed by atoms with Crippen LogP contribution in [0.4, 0.5) is 11.5 Å². The fraction of sp³-hybridized carbons (Fsp3) is 0.133. The van der Waals surface area contributed by atoms with Gasteiger partial charge in [-0.05, 0) is 30.2 Å². The van der Waals surface area contributed by atoms with Crippen LogP contribution < -0.4 is 11.1 Å². The van der Waals surface area contributed by atoms with Crippen LogP contribution in [0.5, 0.6) is 0 Å². The number of pyridine rings is 1. The van der Waals surface area contributed by atoms with Crippen LogP contribution in [0.3, 0.4) is 0 Å². The fourth-order valence-electron chi connectivity index (χ4n) is 2.17. The number of aromatic nitrogens is 2. The molecule has 2 aromatic heterocycles. The maximum atomic E-state index is 5.60. The van der Waals surface area contributed by atoms with Gasteiger partial charge in [-0.1, -0.05) is 18.2 Å². The van der Waals surface area contributed by atoms with Crippen molar-refractivity contribution in [1.29, 1.82) is 0 Å². The van der Waals surface area contributed by atoms with E-state index in [2.05, 4.69) is 39.7 Å². The van der Waals surface area contributed by atoms with Gasteiger partial charge in [0, 0.05) is 23.6 Å². The van der Waals surface area contributed by atoms with Crippen molar-refractivity contribution in [3.8, 4) is 0 Å². The second-order valence-corrected chi connectivity index (χ2v) is 4.51. The van der Waals surface area contributed by atoms with Crippen molar-refractivity contribution < 1.29 is 0 Å². The lowest BCUT2D eigenvalue weighted by Crippen LogP contribution is -2.06. The number of hydrogen-bond acceptors (Lipinski definition) is 3. The molecule has 4 nitrogen and oxygen atoms in total. The Labute approximate surface area is 111 Å². The maximum Gasteiger partial charge on any atom is 0.126 e. The number of rotatable bonds is 4. The summed E-state index contributed by atoms with van der Waals surface area (Å²) in [6, 6.07) is 12.1. The van der Waals surface area contributed by atoms with Crippen molar-refractivity contribution in [3.63, 3.8) is 0 Å². The largest absolute Gasteiger partial charge is 0.397 e. The van der Waals surface area contributed by atoms with Crippen molar-refractivity contribution in [2.45, 2.75) is 6.42 Å². The van der Waals surface area contributed by atoms with E-state index in [1.165, 1.54) is 16.5 Å². The molecule has 0 unspecified atom stereocenters. The van der Waals surface area contributed by atoms with E-state index in [0.29, 0.717) is 5.69 Å². The normalized spacial score (nSPS) is 10.7. The average molecular weight is 252 g/mol. The van der Waals surface area contributed by atoms with Gasteiger partial charge in [0.05, 0.1) is 11.9 Å². The van der Waals surface area contributed by atoms with E-state index in [9.17, 15) is 0 Å². The number of fused-ring (bicyclic) bond motifs is 1. The van der Waals surface area contributed by atoms with E-state index in [1.807, 2.05) is 18.2 Å². The highest BCUT2D eigenvalue weighted by Crippen LogP contribution is 2.18. The van der Waals surface area contributed by atoms with Gasteiger partial charge in [-0.25, -0.2) is 4.98 Å². The van der Waals surface area contributed by atoms with Crippen LogP contribution in [0.15, 0.2) is 48.8 Å². The van der Waals surface area contributed by atoms with Crippen LogP contribution >= 0.6 is 0 Å². The molecule has 0 radical (unpaired) electrons. The zero-order valence-electron chi connectivity index (χ0n) is 10.6. The highest BCUT2D eigenvalue weighted by Gasteiger charge is 2.02. The summed E-state index contributed by atoms with van der Waals surface area (Å²) in [5.41, 5.74) is 8.78. The first-order valence-corrected chi connectivity index (χ1v) is 6.33. The van der Waals surface area contributed by atoms with E-state index in [-0.39, 0.29) is 0 Å². The monoisotopic (exact) mass is 252 g/mol. The second kappa shape index (κ2) is 5.02. The van der Waals surface area contributed by atoms with Gasteiger partial charge in [0.1, 0.15) is 5.82 Å². The zero-order valence-corrected chi connectivity index (χ0v) is 10.6. The molecule has 0 atom stereocenters. The van der Waals surface area contributed by atoms with Crippen molar-refractivity contribution in [2.24, 2.45) is 0 Å². The van der Waals surface area contributed by atoms with Gasteiger partial charge in [0.15, 0.2) is 0 Å². The zero-order chi connectivity index (χ0) is 13.1. The number of benzene rings is 1. The van der Waals surface area contributed by atoms with Crippen LogP contribution in [0.25, 0.3) is 10.9 Å². The van der Waals surface area contributed by atoms with Gasteiger partial charge < -0.3 is 16.0 Å². The molecule has 0 bridgehead atoms. The number of aromatic amines is 1. The van der Waals surface area contributed by atoms with Crippen molar-refractivity contribution in [3.05, 3.63) is 54.4 Å². The first-order chi connectivity index (χ1) is 9.33. The summed E-state index contributed by atoms with van der Waals surface area (Å²) in [7, 11) is 0. The van der Waals surface area contributed by atoms with Crippen LogP contribution in [-0.2, 0) is 6.42 Å². The first kappa shape index (κ1) is 11.6. The molecule has 0 aliphatic heterocycles. The van der Waals surface area contributed by atoms with Crippen LogP contribution in [0, 0.1) is 0 Å². The molecule has 4 N–H and O–H groups in total. The Balaban J connectivity index is 1.65. The van der Waals surface area contributed by atoms with Gasteiger partial charge in [-0.15, -0.1) is 0 Å². The molecule has 0 spiro atoms. The van der Waals surface area contributed by atoms with Crippen molar-refractivity contribution >= 4 is 22.4 Å². The Morgan fingerprint density at radius 3 is 2.89 bits per heavy atom. The number of nitrogen functional groups attached to an aromatic ring is 1. The lowest BCUT2D eigenvalue weighted by Gasteiger charge is -2.05. The number of nitrogens with one attached hydrogen (secondary N) is 2. The minimum absolute atomic E-state index is 0.683. The summed E-state index contributed by atoms with van der Waals surface area (Å²) in [5, 5.41) is 4.58. The molecule has 3 aromatic rings. The molecular weight excluding hydrogens is 236 g/mol. The lowest BCUT2D eigenvalue weighted by molar-refractivity contribution is 1.01. The highest BCUT2D eigenvalue weighted by molar-refractivity contribution is 5.83. The van der Waals surface area contributed by atoms with Crippen LogP contribution in [0.2, 0.25) is 0 Å². The highest BCUT2D eigenvalue weighted by atomic mass is 15.0. The molecule has 4 heteroatoms. The SMILES string of the molecule is Nc1ccc(NCCc2c[nH]c3ccccc23)nc1. The Bertz CT molecular complexity index is 670. The molecule has 19 heavy (non-hydrogen) atoms. The lowest BCUT2D eigenvalue weighted by atomic mass is 10.1. The summed E-state index contributed by atoms with van der Waals surface area (Å²) >= 11 is 0. The van der Waals surface area contributed by atoms with E-state index in [0.717, 1.165) is 18.8 Å². The predicted molar refractivity (Wildman–Crippen MR) is 79.1 cm³/mol. The molecule has 0 aliphatic rings. The summed E-state index contributed by atoms with van der Waals surface area (Å²) in [6.45, 7) is 0.846. The van der Waals surface area contributed by atoms with E-state index in [1.54, 1.807) is 6.20 Å². The minimum Gasteiger partial charge on any atom is -0.397 e. The van der Waals surface area contributed by atoms with Gasteiger partial charge in [-0.3, -0.25) is 0 Å². The fourth-order valence-corrected chi connectivity index (χ4v) is 2.17. The van der Waals surface area contributed by atoms with Crippen LogP contribution in [0.1, 0.15) is 5.56 Å². The molecule has 1 aromatic carbocycles. The standard InChI is InChI=1S/C15H16N4/c16-12-5-6-15(19-10-12)17-8-7-11-9-18-14-4-2-1-3-13(11)14/h1-6,9-10,18H,7-8,16H2,(H,17,19). The molecular formula is C15H16N4. The smallest absolute Gasteiger partial charge is 0.126 e. The third kappa shape index (κ3) is 2.52. The summed E-state index contributed by atoms with van der Waals surface area (Å²) in [6.07, 6.45) is 4.69. The van der Waals surface area contributed by atoms with E-state index >= 15 is 0 Å². The number of H-pyrrole nitrogens is 1. The van der Waals surface area contributed by atoms with Gasteiger partial charge in [-0.2, -0.15) is 0 Å². The number of hydrogen-bond donors (Lipinski definition) is 3. The van der Waals surface area contributed by atoms with E-state index < -0.39 is 0 Å². The molecule has 2 heterocycles. The molecule has 3 rings (SSSR count). The van der Waals surface area contributed by atoms with Crippen molar-refractivity contribution in [2.75, 3.05) is 17.6 Å². The minimum atomic E-state index is 0.683. The second-order valence-electron chi connectivity index (χ2n) is 4.51. The van der Waals surface area contributed by atoms with Gasteiger partial charge in [0.2, 0.25) is 0 Å².